The summed E-state index contributed by atoms with van der Waals surface area (Å²) in [7, 11) is 1.86. The molecular formula is C24H20N4O3. The van der Waals surface area contributed by atoms with Crippen molar-refractivity contribution >= 4 is 28.6 Å². The molecule has 31 heavy (non-hydrogen) atoms. The molecule has 2 aromatic carbocycles. The average Bonchev–Trinajstić information content (AvgIpc) is 3.35. The summed E-state index contributed by atoms with van der Waals surface area (Å²) in [4.78, 5) is 37.4. The Morgan fingerprint density at radius 3 is 2.52 bits per heavy atom. The van der Waals surface area contributed by atoms with E-state index in [2.05, 4.69) is 9.97 Å². The van der Waals surface area contributed by atoms with Crippen LogP contribution in [0.3, 0.4) is 0 Å². The van der Waals surface area contributed by atoms with Crippen molar-refractivity contribution in [3.8, 4) is 11.5 Å². The number of carbonyl (C=O) groups excluding carboxylic acids is 2. The first-order chi connectivity index (χ1) is 15.1. The van der Waals surface area contributed by atoms with Crippen molar-refractivity contribution in [1.29, 1.82) is 0 Å². The van der Waals surface area contributed by atoms with Crippen LogP contribution in [0.4, 0.5) is 5.69 Å². The van der Waals surface area contributed by atoms with Crippen molar-refractivity contribution in [2.45, 2.75) is 19.0 Å². The maximum Gasteiger partial charge on any atom is 0.251 e. The molecule has 0 bridgehead atoms. The van der Waals surface area contributed by atoms with Crippen molar-refractivity contribution in [2.75, 3.05) is 11.9 Å². The van der Waals surface area contributed by atoms with E-state index in [1.165, 1.54) is 4.90 Å². The lowest BCUT2D eigenvalue weighted by atomic mass is 10.2. The lowest BCUT2D eigenvalue weighted by Crippen LogP contribution is -2.39. The quantitative estimate of drug-likeness (QED) is 0.466. The SMILES string of the molecule is CN(Cc1ccncc1)C1CC(=O)N(c2ccc(-c3nc4ccccc4o3)cc2)C1=O. The van der Waals surface area contributed by atoms with Gasteiger partial charge in [0.05, 0.1) is 18.2 Å². The number of para-hydroxylation sites is 2. The highest BCUT2D eigenvalue weighted by Gasteiger charge is 2.41. The van der Waals surface area contributed by atoms with E-state index in [9.17, 15) is 9.59 Å². The van der Waals surface area contributed by atoms with Crippen LogP contribution in [0.25, 0.3) is 22.6 Å². The van der Waals surface area contributed by atoms with E-state index < -0.39 is 6.04 Å². The lowest BCUT2D eigenvalue weighted by Gasteiger charge is -2.23. The maximum absolute atomic E-state index is 13.0. The Kier molecular flexibility index (Phi) is 4.80. The standard InChI is InChI=1S/C24H20N4O3/c1-27(15-16-10-12-25-13-11-16)20-14-22(29)28(24(20)30)18-8-6-17(7-9-18)23-26-19-4-2-3-5-21(19)31-23/h2-13,20H,14-15H2,1H3. The third kappa shape index (κ3) is 3.60. The van der Waals surface area contributed by atoms with Crippen LogP contribution >= 0.6 is 0 Å². The number of imide groups is 1. The number of pyridine rings is 1. The van der Waals surface area contributed by atoms with Crippen LogP contribution in [0, 0.1) is 0 Å². The highest BCUT2D eigenvalue weighted by atomic mass is 16.3. The molecule has 2 aromatic heterocycles. The summed E-state index contributed by atoms with van der Waals surface area (Å²) in [6, 6.07) is 18.0. The van der Waals surface area contributed by atoms with Gasteiger partial charge in [0.2, 0.25) is 11.8 Å². The molecule has 1 atom stereocenters. The van der Waals surface area contributed by atoms with Crippen molar-refractivity contribution in [3.63, 3.8) is 0 Å². The third-order valence-corrected chi connectivity index (χ3v) is 5.50. The molecule has 1 saturated heterocycles. The molecular weight excluding hydrogens is 392 g/mol. The number of likely N-dealkylation sites (N-methyl/N-ethyl adjacent to an activating group) is 1. The average molecular weight is 412 g/mol. The minimum absolute atomic E-state index is 0.160. The summed E-state index contributed by atoms with van der Waals surface area (Å²) >= 11 is 0. The highest BCUT2D eigenvalue weighted by molar-refractivity contribution is 6.22. The van der Waals surface area contributed by atoms with Gasteiger partial charge in [0.1, 0.15) is 5.52 Å². The second-order valence-electron chi connectivity index (χ2n) is 7.59. The number of nitrogens with zero attached hydrogens (tertiary/aromatic N) is 4. The minimum Gasteiger partial charge on any atom is -0.436 e. The largest absolute Gasteiger partial charge is 0.436 e. The number of hydrogen-bond donors (Lipinski definition) is 0. The van der Waals surface area contributed by atoms with Gasteiger partial charge in [0.15, 0.2) is 5.58 Å². The number of rotatable bonds is 5. The van der Waals surface area contributed by atoms with Crippen LogP contribution < -0.4 is 4.90 Å². The molecule has 2 amide bonds. The monoisotopic (exact) mass is 412 g/mol. The molecule has 5 rings (SSSR count). The molecule has 0 aliphatic carbocycles. The number of oxazole rings is 1. The summed E-state index contributed by atoms with van der Waals surface area (Å²) in [5, 5.41) is 0. The zero-order valence-electron chi connectivity index (χ0n) is 16.9. The van der Waals surface area contributed by atoms with Crippen molar-refractivity contribution in [2.24, 2.45) is 0 Å². The topological polar surface area (TPSA) is 79.5 Å². The van der Waals surface area contributed by atoms with Crippen LogP contribution in [0.1, 0.15) is 12.0 Å². The van der Waals surface area contributed by atoms with E-state index in [0.717, 1.165) is 16.6 Å². The number of fused-ring (bicyclic) bond motifs is 1. The second kappa shape index (κ2) is 7.77. The van der Waals surface area contributed by atoms with Crippen molar-refractivity contribution in [1.82, 2.24) is 14.9 Å². The summed E-state index contributed by atoms with van der Waals surface area (Å²) in [5.41, 5.74) is 3.87. The third-order valence-electron chi connectivity index (χ3n) is 5.50. The number of benzene rings is 2. The summed E-state index contributed by atoms with van der Waals surface area (Å²) in [6.07, 6.45) is 3.60. The molecule has 1 aliphatic heterocycles. The number of hydrogen-bond acceptors (Lipinski definition) is 6. The molecule has 7 nitrogen and oxygen atoms in total. The van der Waals surface area contributed by atoms with E-state index in [1.54, 1.807) is 24.5 Å². The molecule has 0 radical (unpaired) electrons. The van der Waals surface area contributed by atoms with Gasteiger partial charge in [-0.3, -0.25) is 19.5 Å². The van der Waals surface area contributed by atoms with Gasteiger partial charge >= 0.3 is 0 Å². The number of anilines is 1. The first kappa shape index (κ1) is 19.1. The van der Waals surface area contributed by atoms with E-state index in [1.807, 2.05) is 60.5 Å². The Morgan fingerprint density at radius 2 is 1.77 bits per heavy atom. The van der Waals surface area contributed by atoms with Crippen LogP contribution in [-0.2, 0) is 16.1 Å². The Hall–Kier alpha value is -3.84. The van der Waals surface area contributed by atoms with Gasteiger partial charge in [0, 0.05) is 24.5 Å². The normalized spacial score (nSPS) is 16.6. The Labute approximate surface area is 178 Å². The van der Waals surface area contributed by atoms with Gasteiger partial charge in [-0.25, -0.2) is 9.88 Å². The Balaban J connectivity index is 1.35. The fourth-order valence-electron chi connectivity index (χ4n) is 3.87. The summed E-state index contributed by atoms with van der Waals surface area (Å²) in [5.74, 6) is 0.0872. The van der Waals surface area contributed by atoms with Crippen LogP contribution in [0.5, 0.6) is 0 Å². The molecule has 0 N–H and O–H groups in total. The first-order valence-corrected chi connectivity index (χ1v) is 10.0. The number of aromatic nitrogens is 2. The Bertz CT molecular complexity index is 1220. The fourth-order valence-corrected chi connectivity index (χ4v) is 3.87. The maximum atomic E-state index is 13.0. The van der Waals surface area contributed by atoms with Crippen molar-refractivity contribution < 1.29 is 14.0 Å². The van der Waals surface area contributed by atoms with Crippen LogP contribution in [-0.4, -0.2) is 39.8 Å². The van der Waals surface area contributed by atoms with Gasteiger partial charge in [0.25, 0.3) is 5.91 Å². The number of carbonyl (C=O) groups is 2. The molecule has 1 aliphatic rings. The zero-order valence-corrected chi connectivity index (χ0v) is 16.9. The van der Waals surface area contributed by atoms with Gasteiger partial charge in [-0.05, 0) is 61.1 Å². The van der Waals surface area contributed by atoms with E-state index >= 15 is 0 Å². The molecule has 0 spiro atoms. The molecule has 7 heteroatoms. The summed E-state index contributed by atoms with van der Waals surface area (Å²) in [6.45, 7) is 0.566. The Morgan fingerprint density at radius 1 is 1.03 bits per heavy atom. The highest BCUT2D eigenvalue weighted by Crippen LogP contribution is 2.29. The molecule has 154 valence electrons. The van der Waals surface area contributed by atoms with Gasteiger partial charge < -0.3 is 4.42 Å². The zero-order chi connectivity index (χ0) is 21.4. The van der Waals surface area contributed by atoms with Gasteiger partial charge in [-0.1, -0.05) is 12.1 Å². The molecule has 1 fully saturated rings. The van der Waals surface area contributed by atoms with Crippen molar-refractivity contribution in [3.05, 3.63) is 78.6 Å². The smallest absolute Gasteiger partial charge is 0.251 e. The first-order valence-electron chi connectivity index (χ1n) is 10.0. The van der Waals surface area contributed by atoms with Gasteiger partial charge in [-0.2, -0.15) is 0 Å². The predicted octanol–water partition coefficient (Wildman–Crippen LogP) is 3.65. The summed E-state index contributed by atoms with van der Waals surface area (Å²) < 4.78 is 5.80. The van der Waals surface area contributed by atoms with Crippen LogP contribution in [0.2, 0.25) is 0 Å². The lowest BCUT2D eigenvalue weighted by molar-refractivity contribution is -0.122. The number of amides is 2. The van der Waals surface area contributed by atoms with E-state index in [4.69, 9.17) is 4.42 Å². The molecule has 3 heterocycles. The minimum atomic E-state index is -0.489. The fraction of sp³-hybridized carbons (Fsp3) is 0.167. The van der Waals surface area contributed by atoms with Crippen LogP contribution in [0.15, 0.2) is 77.5 Å². The second-order valence-corrected chi connectivity index (χ2v) is 7.59. The van der Waals surface area contributed by atoms with E-state index in [0.29, 0.717) is 23.7 Å². The molecule has 1 unspecified atom stereocenters. The predicted molar refractivity (Wildman–Crippen MR) is 116 cm³/mol. The van der Waals surface area contributed by atoms with E-state index in [-0.39, 0.29) is 18.2 Å². The molecule has 4 aromatic rings. The molecule has 0 saturated carbocycles. The van der Waals surface area contributed by atoms with Gasteiger partial charge in [-0.15, -0.1) is 0 Å².